The van der Waals surface area contributed by atoms with Crippen LogP contribution in [0.4, 0.5) is 0 Å². The van der Waals surface area contributed by atoms with Crippen LogP contribution in [0.2, 0.25) is 5.02 Å². The summed E-state index contributed by atoms with van der Waals surface area (Å²) in [7, 11) is 1.77. The van der Waals surface area contributed by atoms with Crippen LogP contribution in [0.15, 0.2) is 48.3 Å². The summed E-state index contributed by atoms with van der Waals surface area (Å²) in [4.78, 5) is 31.5. The molecule has 6 nitrogen and oxygen atoms in total. The molecular formula is C23H25ClN2O4. The Kier molecular flexibility index (Phi) is 7.11. The van der Waals surface area contributed by atoms with E-state index in [0.717, 1.165) is 12.8 Å². The molecule has 1 aliphatic rings. The molecule has 7 heteroatoms. The van der Waals surface area contributed by atoms with Crippen LogP contribution >= 0.6 is 11.6 Å². The number of carbonyl (C=O) groups is 2. The molecule has 0 bridgehead atoms. The SMILES string of the molecule is CCOC(=O)/C(=C\N(C)CC)C(=O)c1cc(OC2Cc3ccccc3C2)ncc1Cl. The summed E-state index contributed by atoms with van der Waals surface area (Å²) in [6.07, 6.45) is 4.34. The van der Waals surface area contributed by atoms with Gasteiger partial charge in [0.2, 0.25) is 11.7 Å². The third kappa shape index (κ3) is 5.00. The van der Waals surface area contributed by atoms with Crippen molar-refractivity contribution < 1.29 is 19.1 Å². The van der Waals surface area contributed by atoms with Crippen molar-refractivity contribution in [2.24, 2.45) is 0 Å². The van der Waals surface area contributed by atoms with Gasteiger partial charge in [-0.15, -0.1) is 0 Å². The lowest BCUT2D eigenvalue weighted by Gasteiger charge is -2.15. The molecule has 1 aromatic carbocycles. The van der Waals surface area contributed by atoms with E-state index >= 15 is 0 Å². The average molecular weight is 429 g/mol. The van der Waals surface area contributed by atoms with Crippen LogP contribution < -0.4 is 4.74 Å². The van der Waals surface area contributed by atoms with Crippen LogP contribution in [0.5, 0.6) is 5.88 Å². The molecule has 0 N–H and O–H groups in total. The van der Waals surface area contributed by atoms with Gasteiger partial charge in [-0.05, 0) is 25.0 Å². The van der Waals surface area contributed by atoms with Crippen molar-refractivity contribution in [2.75, 3.05) is 20.2 Å². The maximum atomic E-state index is 13.1. The minimum absolute atomic E-state index is 0.0645. The molecule has 0 saturated heterocycles. The highest BCUT2D eigenvalue weighted by Gasteiger charge is 2.26. The van der Waals surface area contributed by atoms with Crippen molar-refractivity contribution in [3.05, 3.63) is 70.0 Å². The van der Waals surface area contributed by atoms with E-state index in [4.69, 9.17) is 21.1 Å². The molecule has 1 heterocycles. The Morgan fingerprint density at radius 1 is 1.23 bits per heavy atom. The highest BCUT2D eigenvalue weighted by Crippen LogP contribution is 2.28. The maximum absolute atomic E-state index is 13.1. The summed E-state index contributed by atoms with van der Waals surface area (Å²) >= 11 is 6.25. The van der Waals surface area contributed by atoms with Crippen molar-refractivity contribution in [1.82, 2.24) is 9.88 Å². The van der Waals surface area contributed by atoms with E-state index in [9.17, 15) is 9.59 Å². The third-order valence-electron chi connectivity index (χ3n) is 4.96. The predicted molar refractivity (Wildman–Crippen MR) is 115 cm³/mol. The molecule has 0 fully saturated rings. The van der Waals surface area contributed by atoms with Crippen molar-refractivity contribution in [1.29, 1.82) is 0 Å². The quantitative estimate of drug-likeness (QED) is 0.209. The standard InChI is InChI=1S/C23H25ClN2O4/c1-4-26(3)14-19(23(28)29-5-2)22(27)18-12-21(25-13-20(18)24)30-17-10-15-8-6-7-9-16(15)11-17/h6-9,12-14,17H,4-5,10-11H2,1-3H3/b19-14-. The number of nitrogens with zero attached hydrogens (tertiary/aromatic N) is 2. The number of benzene rings is 1. The molecule has 1 aromatic heterocycles. The number of carbonyl (C=O) groups excluding carboxylic acids is 2. The minimum Gasteiger partial charge on any atom is -0.474 e. The molecular weight excluding hydrogens is 404 g/mol. The van der Waals surface area contributed by atoms with E-state index in [1.54, 1.807) is 18.9 Å². The lowest BCUT2D eigenvalue weighted by Crippen LogP contribution is -2.22. The Morgan fingerprint density at radius 2 is 1.90 bits per heavy atom. The van der Waals surface area contributed by atoms with Crippen LogP contribution in [-0.2, 0) is 22.4 Å². The number of Topliss-reactive ketones (excluding diaryl/α,β-unsaturated/α-hetero) is 1. The minimum atomic E-state index is -0.690. The van der Waals surface area contributed by atoms with Crippen LogP contribution in [-0.4, -0.2) is 47.9 Å². The van der Waals surface area contributed by atoms with E-state index in [1.807, 2.05) is 19.1 Å². The number of fused-ring (bicyclic) bond motifs is 1. The van der Waals surface area contributed by atoms with Gasteiger partial charge in [-0.2, -0.15) is 0 Å². The summed E-state index contributed by atoms with van der Waals surface area (Å²) in [6.45, 7) is 4.39. The predicted octanol–water partition coefficient (Wildman–Crippen LogP) is 3.86. The number of ether oxygens (including phenoxy) is 2. The Balaban J connectivity index is 1.84. The van der Waals surface area contributed by atoms with Crippen molar-refractivity contribution in [3.8, 4) is 5.88 Å². The molecule has 0 aliphatic heterocycles. The molecule has 0 atom stereocenters. The summed E-state index contributed by atoms with van der Waals surface area (Å²) in [5.41, 5.74) is 2.57. The van der Waals surface area contributed by atoms with Crippen molar-refractivity contribution >= 4 is 23.4 Å². The molecule has 0 saturated carbocycles. The zero-order chi connectivity index (χ0) is 21.7. The van der Waals surface area contributed by atoms with Crippen LogP contribution in [0, 0.1) is 0 Å². The topological polar surface area (TPSA) is 68.7 Å². The zero-order valence-corrected chi connectivity index (χ0v) is 18.1. The monoisotopic (exact) mass is 428 g/mol. The van der Waals surface area contributed by atoms with E-state index in [0.29, 0.717) is 12.4 Å². The molecule has 0 spiro atoms. The Hall–Kier alpha value is -2.86. The first-order valence-electron chi connectivity index (χ1n) is 9.95. The van der Waals surface area contributed by atoms with Gasteiger partial charge in [-0.3, -0.25) is 4.79 Å². The first-order chi connectivity index (χ1) is 14.4. The molecule has 2 aromatic rings. The normalized spacial score (nSPS) is 13.7. The Morgan fingerprint density at radius 3 is 2.50 bits per heavy atom. The zero-order valence-electron chi connectivity index (χ0n) is 17.4. The van der Waals surface area contributed by atoms with Crippen LogP contribution in [0.1, 0.15) is 35.3 Å². The van der Waals surface area contributed by atoms with Crippen molar-refractivity contribution in [2.45, 2.75) is 32.8 Å². The first kappa shape index (κ1) is 21.8. The summed E-state index contributed by atoms with van der Waals surface area (Å²) < 4.78 is 11.1. The first-order valence-corrected chi connectivity index (χ1v) is 10.3. The van der Waals surface area contributed by atoms with E-state index in [2.05, 4.69) is 17.1 Å². The van der Waals surface area contributed by atoms with Gasteiger partial charge < -0.3 is 14.4 Å². The fourth-order valence-corrected chi connectivity index (χ4v) is 3.49. The third-order valence-corrected chi connectivity index (χ3v) is 5.27. The van der Waals surface area contributed by atoms with E-state index < -0.39 is 11.8 Å². The Bertz CT molecular complexity index is 948. The van der Waals surface area contributed by atoms with Crippen molar-refractivity contribution in [3.63, 3.8) is 0 Å². The van der Waals surface area contributed by atoms with E-state index in [1.165, 1.54) is 29.6 Å². The van der Waals surface area contributed by atoms with Gasteiger partial charge in [0.25, 0.3) is 0 Å². The van der Waals surface area contributed by atoms with Gasteiger partial charge >= 0.3 is 5.97 Å². The fourth-order valence-electron chi connectivity index (χ4n) is 3.30. The summed E-state index contributed by atoms with van der Waals surface area (Å²) in [5, 5.41) is 0.149. The number of ketones is 1. The number of esters is 1. The molecule has 1 aliphatic carbocycles. The molecule has 3 rings (SSSR count). The molecule has 0 amide bonds. The maximum Gasteiger partial charge on any atom is 0.343 e. The van der Waals surface area contributed by atoms with Gasteiger partial charge in [0, 0.05) is 44.3 Å². The summed E-state index contributed by atoms with van der Waals surface area (Å²) in [6, 6.07) is 9.68. The molecule has 158 valence electrons. The number of rotatable bonds is 8. The summed E-state index contributed by atoms with van der Waals surface area (Å²) in [5.74, 6) is -0.919. The molecule has 0 radical (unpaired) electrons. The van der Waals surface area contributed by atoms with E-state index in [-0.39, 0.29) is 28.9 Å². The number of halogens is 1. The van der Waals surface area contributed by atoms with Gasteiger partial charge in [-0.1, -0.05) is 35.9 Å². The van der Waals surface area contributed by atoms with Crippen LogP contribution in [0.25, 0.3) is 0 Å². The lowest BCUT2D eigenvalue weighted by atomic mass is 10.1. The van der Waals surface area contributed by atoms with Gasteiger partial charge in [0.1, 0.15) is 11.7 Å². The Labute approximate surface area is 181 Å². The lowest BCUT2D eigenvalue weighted by molar-refractivity contribution is -0.138. The van der Waals surface area contributed by atoms with Gasteiger partial charge in [0.15, 0.2) is 0 Å². The van der Waals surface area contributed by atoms with Gasteiger partial charge in [-0.25, -0.2) is 9.78 Å². The highest BCUT2D eigenvalue weighted by atomic mass is 35.5. The largest absolute Gasteiger partial charge is 0.474 e. The second-order valence-corrected chi connectivity index (χ2v) is 7.49. The smallest absolute Gasteiger partial charge is 0.343 e. The number of hydrogen-bond donors (Lipinski definition) is 0. The number of pyridine rings is 1. The van der Waals surface area contributed by atoms with Gasteiger partial charge in [0.05, 0.1) is 17.8 Å². The highest BCUT2D eigenvalue weighted by molar-refractivity contribution is 6.36. The molecule has 30 heavy (non-hydrogen) atoms. The second-order valence-electron chi connectivity index (χ2n) is 7.08. The fraction of sp³-hybridized carbons (Fsp3) is 0.348. The molecule has 0 unspecified atom stereocenters. The average Bonchev–Trinajstić information content (AvgIpc) is 3.15. The second kappa shape index (κ2) is 9.76. The van der Waals surface area contributed by atoms with Crippen LogP contribution in [0.3, 0.4) is 0 Å². The number of aromatic nitrogens is 1. The number of hydrogen-bond acceptors (Lipinski definition) is 6.